The molecule has 0 aromatic rings. The van der Waals surface area contributed by atoms with E-state index >= 15 is 0 Å². The molecule has 0 bridgehead atoms. The van der Waals surface area contributed by atoms with Crippen molar-refractivity contribution < 1.29 is 14.6 Å². The summed E-state index contributed by atoms with van der Waals surface area (Å²) in [6, 6.07) is 0. The lowest BCUT2D eigenvalue weighted by molar-refractivity contribution is -0.148. The van der Waals surface area contributed by atoms with E-state index in [0.717, 1.165) is 13.0 Å². The minimum atomic E-state index is -0.261. The molecule has 1 fully saturated rings. The second-order valence-electron chi connectivity index (χ2n) is 4.75. The number of hydrogen-bond donors (Lipinski definition) is 1. The van der Waals surface area contributed by atoms with Crippen molar-refractivity contribution in [3.05, 3.63) is 0 Å². The molecule has 0 saturated carbocycles. The van der Waals surface area contributed by atoms with E-state index in [4.69, 9.17) is 4.74 Å². The number of likely N-dealkylation sites (tertiary alicyclic amines) is 1. The first kappa shape index (κ1) is 13.5. The molecule has 0 radical (unpaired) electrons. The van der Waals surface area contributed by atoms with E-state index in [1.165, 1.54) is 0 Å². The van der Waals surface area contributed by atoms with Crippen molar-refractivity contribution in [2.24, 2.45) is 11.8 Å². The van der Waals surface area contributed by atoms with Crippen LogP contribution in [0.1, 0.15) is 27.2 Å². The average Bonchev–Trinajstić information content (AvgIpc) is 2.24. The van der Waals surface area contributed by atoms with Crippen LogP contribution in [-0.2, 0) is 9.53 Å². The van der Waals surface area contributed by atoms with E-state index in [2.05, 4.69) is 11.8 Å². The Bertz CT molecular complexity index is 232. The van der Waals surface area contributed by atoms with Crippen molar-refractivity contribution in [2.45, 2.75) is 33.3 Å². The van der Waals surface area contributed by atoms with Gasteiger partial charge in [-0.2, -0.15) is 0 Å². The zero-order valence-corrected chi connectivity index (χ0v) is 10.5. The maximum atomic E-state index is 11.5. The monoisotopic (exact) mass is 229 g/mol. The van der Waals surface area contributed by atoms with Gasteiger partial charge in [-0.05, 0) is 25.8 Å². The SMILES string of the molecule is CCOC(=O)C(C)CN1CCC(C)C(O)C1. The number of β-amino-alcohol motifs (C(OH)–C–C–N with tert-alkyl or cyclic N) is 1. The second kappa shape index (κ2) is 6.21. The number of ether oxygens (including phenoxy) is 1. The Balaban J connectivity index is 2.34. The highest BCUT2D eigenvalue weighted by Crippen LogP contribution is 2.18. The molecule has 0 aliphatic carbocycles. The van der Waals surface area contributed by atoms with Crippen LogP contribution in [-0.4, -0.2) is 48.3 Å². The third-order valence-corrected chi connectivity index (χ3v) is 3.22. The van der Waals surface area contributed by atoms with Gasteiger partial charge in [-0.15, -0.1) is 0 Å². The molecule has 0 aromatic carbocycles. The number of esters is 1. The topological polar surface area (TPSA) is 49.8 Å². The molecule has 4 heteroatoms. The van der Waals surface area contributed by atoms with Gasteiger partial charge in [0.2, 0.25) is 0 Å². The molecule has 0 amide bonds. The lowest BCUT2D eigenvalue weighted by Gasteiger charge is -2.35. The van der Waals surface area contributed by atoms with Crippen molar-refractivity contribution in [1.29, 1.82) is 0 Å². The highest BCUT2D eigenvalue weighted by atomic mass is 16.5. The molecule has 3 unspecified atom stereocenters. The van der Waals surface area contributed by atoms with Gasteiger partial charge < -0.3 is 9.84 Å². The number of carbonyl (C=O) groups is 1. The minimum Gasteiger partial charge on any atom is -0.466 e. The van der Waals surface area contributed by atoms with Gasteiger partial charge in [0.25, 0.3) is 0 Å². The van der Waals surface area contributed by atoms with E-state index in [0.29, 0.717) is 25.6 Å². The summed E-state index contributed by atoms with van der Waals surface area (Å²) in [5.41, 5.74) is 0. The summed E-state index contributed by atoms with van der Waals surface area (Å²) in [6.45, 7) is 8.51. The van der Waals surface area contributed by atoms with Crippen molar-refractivity contribution in [3.8, 4) is 0 Å². The number of aliphatic hydroxyl groups is 1. The fourth-order valence-electron chi connectivity index (χ4n) is 2.03. The van der Waals surface area contributed by atoms with Gasteiger partial charge in [0.15, 0.2) is 0 Å². The quantitative estimate of drug-likeness (QED) is 0.727. The van der Waals surface area contributed by atoms with Crippen LogP contribution < -0.4 is 0 Å². The van der Waals surface area contributed by atoms with Crippen LogP contribution in [0.15, 0.2) is 0 Å². The maximum Gasteiger partial charge on any atom is 0.309 e. The van der Waals surface area contributed by atoms with Gasteiger partial charge in [-0.3, -0.25) is 9.69 Å². The Morgan fingerprint density at radius 1 is 1.62 bits per heavy atom. The minimum absolute atomic E-state index is 0.111. The van der Waals surface area contributed by atoms with E-state index in [9.17, 15) is 9.90 Å². The molecule has 1 heterocycles. The summed E-state index contributed by atoms with van der Waals surface area (Å²) < 4.78 is 4.97. The van der Waals surface area contributed by atoms with E-state index in [1.54, 1.807) is 0 Å². The Morgan fingerprint density at radius 2 is 2.31 bits per heavy atom. The van der Waals surface area contributed by atoms with Crippen LogP contribution in [0.4, 0.5) is 0 Å². The Labute approximate surface area is 97.6 Å². The summed E-state index contributed by atoms with van der Waals surface area (Å²) in [7, 11) is 0. The fourth-order valence-corrected chi connectivity index (χ4v) is 2.03. The lowest BCUT2D eigenvalue weighted by Crippen LogP contribution is -2.45. The zero-order chi connectivity index (χ0) is 12.1. The molecule has 1 aliphatic rings. The highest BCUT2D eigenvalue weighted by Gasteiger charge is 2.26. The number of hydrogen-bond acceptors (Lipinski definition) is 4. The van der Waals surface area contributed by atoms with E-state index in [1.807, 2.05) is 13.8 Å². The van der Waals surface area contributed by atoms with Gasteiger partial charge >= 0.3 is 5.97 Å². The normalized spacial score (nSPS) is 28.8. The molecule has 0 aromatic heterocycles. The van der Waals surface area contributed by atoms with E-state index < -0.39 is 0 Å². The number of rotatable bonds is 4. The molecular formula is C12H23NO3. The van der Waals surface area contributed by atoms with Crippen LogP contribution in [0.25, 0.3) is 0 Å². The van der Waals surface area contributed by atoms with Gasteiger partial charge in [-0.1, -0.05) is 13.8 Å². The average molecular weight is 229 g/mol. The van der Waals surface area contributed by atoms with Crippen LogP contribution >= 0.6 is 0 Å². The van der Waals surface area contributed by atoms with Crippen LogP contribution in [0, 0.1) is 11.8 Å². The predicted molar refractivity (Wildman–Crippen MR) is 62.0 cm³/mol. The molecule has 3 atom stereocenters. The summed E-state index contributed by atoms with van der Waals surface area (Å²) in [5.74, 6) is 0.116. The summed E-state index contributed by atoms with van der Waals surface area (Å²) in [6.07, 6.45) is 0.736. The Morgan fingerprint density at radius 3 is 2.88 bits per heavy atom. The van der Waals surface area contributed by atoms with Crippen LogP contribution in [0.2, 0.25) is 0 Å². The Kier molecular flexibility index (Phi) is 5.22. The third kappa shape index (κ3) is 3.76. The smallest absolute Gasteiger partial charge is 0.309 e. The number of nitrogens with zero attached hydrogens (tertiary/aromatic N) is 1. The summed E-state index contributed by atoms with van der Waals surface area (Å²) in [4.78, 5) is 13.6. The zero-order valence-electron chi connectivity index (χ0n) is 10.5. The van der Waals surface area contributed by atoms with Gasteiger partial charge in [0.1, 0.15) is 0 Å². The molecule has 1 rings (SSSR count). The van der Waals surface area contributed by atoms with Crippen molar-refractivity contribution in [1.82, 2.24) is 4.90 Å². The number of carbonyl (C=O) groups excluding carboxylic acids is 1. The molecule has 0 spiro atoms. The standard InChI is InChI=1S/C12H23NO3/c1-4-16-12(15)10(3)7-13-6-5-9(2)11(14)8-13/h9-11,14H,4-8H2,1-3H3. The molecule has 1 saturated heterocycles. The molecular weight excluding hydrogens is 206 g/mol. The van der Waals surface area contributed by atoms with Crippen molar-refractivity contribution in [2.75, 3.05) is 26.2 Å². The van der Waals surface area contributed by atoms with Crippen LogP contribution in [0.5, 0.6) is 0 Å². The molecule has 1 aliphatic heterocycles. The first-order chi connectivity index (χ1) is 7.54. The fraction of sp³-hybridized carbons (Fsp3) is 0.917. The second-order valence-corrected chi connectivity index (χ2v) is 4.75. The predicted octanol–water partition coefficient (Wildman–Crippen LogP) is 0.888. The van der Waals surface area contributed by atoms with Gasteiger partial charge in [-0.25, -0.2) is 0 Å². The maximum absolute atomic E-state index is 11.5. The number of aliphatic hydroxyl groups excluding tert-OH is 1. The van der Waals surface area contributed by atoms with Gasteiger partial charge in [0.05, 0.1) is 18.6 Å². The number of piperidine rings is 1. The first-order valence-corrected chi connectivity index (χ1v) is 6.11. The largest absolute Gasteiger partial charge is 0.466 e. The van der Waals surface area contributed by atoms with E-state index in [-0.39, 0.29) is 18.0 Å². The van der Waals surface area contributed by atoms with Crippen molar-refractivity contribution >= 4 is 5.97 Å². The van der Waals surface area contributed by atoms with Gasteiger partial charge in [0, 0.05) is 13.1 Å². The Hall–Kier alpha value is -0.610. The third-order valence-electron chi connectivity index (χ3n) is 3.22. The molecule has 1 N–H and O–H groups in total. The first-order valence-electron chi connectivity index (χ1n) is 6.11. The molecule has 94 valence electrons. The lowest BCUT2D eigenvalue weighted by atomic mass is 9.95. The highest BCUT2D eigenvalue weighted by molar-refractivity contribution is 5.72. The van der Waals surface area contributed by atoms with Crippen LogP contribution in [0.3, 0.4) is 0 Å². The van der Waals surface area contributed by atoms with Crippen molar-refractivity contribution in [3.63, 3.8) is 0 Å². The summed E-state index contributed by atoms with van der Waals surface area (Å²) in [5, 5.41) is 9.75. The molecule has 4 nitrogen and oxygen atoms in total. The summed E-state index contributed by atoms with van der Waals surface area (Å²) >= 11 is 0. The molecule has 16 heavy (non-hydrogen) atoms.